The molecule has 0 saturated carbocycles. The highest BCUT2D eigenvalue weighted by Gasteiger charge is 2.14. The van der Waals surface area contributed by atoms with E-state index in [0.29, 0.717) is 12.3 Å². The number of ether oxygens (including phenoxy) is 2. The summed E-state index contributed by atoms with van der Waals surface area (Å²) in [5.74, 6) is 0.432. The fourth-order valence-electron chi connectivity index (χ4n) is 2.29. The number of carbonyl (C=O) groups excluding carboxylic acids is 1. The van der Waals surface area contributed by atoms with Crippen molar-refractivity contribution in [2.24, 2.45) is 0 Å². The topological polar surface area (TPSA) is 48.4 Å². The third-order valence-electron chi connectivity index (χ3n) is 3.40. The second kappa shape index (κ2) is 7.45. The molecule has 5 heteroatoms. The predicted molar refractivity (Wildman–Crippen MR) is 95.4 cm³/mol. The van der Waals surface area contributed by atoms with Crippen LogP contribution in [0.15, 0.2) is 53.4 Å². The number of aromatic nitrogens is 1. The van der Waals surface area contributed by atoms with Gasteiger partial charge in [-0.15, -0.1) is 11.3 Å². The van der Waals surface area contributed by atoms with Gasteiger partial charge in [0.15, 0.2) is 5.69 Å². The molecular weight excluding hydrogens is 322 g/mol. The largest absolute Gasteiger partial charge is 0.491 e. The van der Waals surface area contributed by atoms with Gasteiger partial charge >= 0.3 is 5.97 Å². The Hall–Kier alpha value is -2.40. The quantitative estimate of drug-likeness (QED) is 0.718. The summed E-state index contributed by atoms with van der Waals surface area (Å²) in [4.78, 5) is 16.5. The zero-order valence-electron chi connectivity index (χ0n) is 13.7. The second-order valence-corrected chi connectivity index (χ2v) is 6.58. The number of hydrogen-bond acceptors (Lipinski definition) is 5. The first-order valence-electron chi connectivity index (χ1n) is 7.87. The molecule has 3 rings (SSSR count). The Labute approximate surface area is 145 Å². The lowest BCUT2D eigenvalue weighted by Crippen LogP contribution is -2.07. The third kappa shape index (κ3) is 4.11. The van der Waals surface area contributed by atoms with Crippen molar-refractivity contribution in [1.82, 2.24) is 4.98 Å². The van der Waals surface area contributed by atoms with Crippen molar-refractivity contribution < 1.29 is 14.3 Å². The van der Waals surface area contributed by atoms with E-state index in [9.17, 15) is 4.79 Å². The average Bonchev–Trinajstić information content (AvgIpc) is 3.24. The molecule has 4 nitrogen and oxygen atoms in total. The lowest BCUT2D eigenvalue weighted by molar-refractivity contribution is 0.0537. The number of hydrogen-bond donors (Lipinski definition) is 0. The van der Waals surface area contributed by atoms with E-state index >= 15 is 0 Å². The molecule has 0 fully saturated rings. The third-order valence-corrected chi connectivity index (χ3v) is 4.30. The lowest BCUT2D eigenvalue weighted by atomic mass is 10.2. The Morgan fingerprint density at radius 2 is 2.08 bits per heavy atom. The summed E-state index contributed by atoms with van der Waals surface area (Å²) in [5, 5.41) is 2.52. The molecule has 1 aromatic carbocycles. The fourth-order valence-corrected chi connectivity index (χ4v) is 3.08. The monoisotopic (exact) mass is 341 g/mol. The minimum atomic E-state index is -0.390. The first kappa shape index (κ1) is 16.5. The molecule has 1 aromatic heterocycles. The molecule has 1 aliphatic rings. The van der Waals surface area contributed by atoms with Crippen LogP contribution in [0, 0.1) is 0 Å². The Morgan fingerprint density at radius 1 is 1.29 bits per heavy atom. The summed E-state index contributed by atoms with van der Waals surface area (Å²) < 4.78 is 10.9. The van der Waals surface area contributed by atoms with E-state index in [1.807, 2.05) is 56.3 Å². The number of allylic oxidation sites excluding steroid dienone is 2. The zero-order chi connectivity index (χ0) is 16.9. The van der Waals surface area contributed by atoms with Crippen molar-refractivity contribution in [2.45, 2.75) is 26.4 Å². The smallest absolute Gasteiger partial charge is 0.358 e. The predicted octanol–water partition coefficient (Wildman–Crippen LogP) is 4.64. The lowest BCUT2D eigenvalue weighted by Gasteiger charge is -2.09. The summed E-state index contributed by atoms with van der Waals surface area (Å²) >= 11 is 1.43. The molecule has 0 aliphatic heterocycles. The second-order valence-electron chi connectivity index (χ2n) is 5.72. The van der Waals surface area contributed by atoms with Gasteiger partial charge in [0.25, 0.3) is 0 Å². The van der Waals surface area contributed by atoms with Crippen LogP contribution in [0.25, 0.3) is 10.6 Å². The average molecular weight is 341 g/mol. The van der Waals surface area contributed by atoms with Crippen molar-refractivity contribution in [2.75, 3.05) is 6.61 Å². The van der Waals surface area contributed by atoms with Gasteiger partial charge in [0.05, 0.1) is 6.10 Å². The van der Waals surface area contributed by atoms with E-state index in [-0.39, 0.29) is 6.10 Å². The van der Waals surface area contributed by atoms with Crippen molar-refractivity contribution in [3.05, 3.63) is 59.1 Å². The molecule has 2 aromatic rings. The van der Waals surface area contributed by atoms with Gasteiger partial charge in [0, 0.05) is 10.9 Å². The molecule has 1 aliphatic carbocycles. The first-order chi connectivity index (χ1) is 11.6. The highest BCUT2D eigenvalue weighted by Crippen LogP contribution is 2.26. The van der Waals surface area contributed by atoms with Crippen LogP contribution in [0.5, 0.6) is 5.75 Å². The first-order valence-corrected chi connectivity index (χ1v) is 8.75. The Morgan fingerprint density at radius 3 is 2.75 bits per heavy atom. The Kier molecular flexibility index (Phi) is 5.11. The molecule has 0 atom stereocenters. The highest BCUT2D eigenvalue weighted by molar-refractivity contribution is 7.13. The SMILES string of the molecule is CC(C)Oc1ccc(-c2nc(C(=O)OCC3=CCC=C3)cs2)cc1. The maximum atomic E-state index is 12.1. The van der Waals surface area contributed by atoms with Gasteiger partial charge in [-0.2, -0.15) is 0 Å². The maximum Gasteiger partial charge on any atom is 0.358 e. The molecule has 24 heavy (non-hydrogen) atoms. The van der Waals surface area contributed by atoms with E-state index in [1.165, 1.54) is 11.3 Å². The summed E-state index contributed by atoms with van der Waals surface area (Å²) in [6, 6.07) is 7.71. The number of nitrogens with zero attached hydrogens (tertiary/aromatic N) is 1. The number of esters is 1. The van der Waals surface area contributed by atoms with Crippen LogP contribution in [0.1, 0.15) is 30.8 Å². The number of thiazole rings is 1. The summed E-state index contributed by atoms with van der Waals surface area (Å²) in [7, 11) is 0. The molecule has 0 spiro atoms. The zero-order valence-corrected chi connectivity index (χ0v) is 14.5. The summed E-state index contributed by atoms with van der Waals surface area (Å²) in [6.45, 7) is 4.28. The van der Waals surface area contributed by atoms with Crippen LogP contribution in [0.2, 0.25) is 0 Å². The number of rotatable bonds is 6. The molecular formula is C19H19NO3S. The van der Waals surface area contributed by atoms with Gasteiger partial charge in [-0.05, 0) is 50.1 Å². The Bertz CT molecular complexity index is 772. The van der Waals surface area contributed by atoms with Crippen LogP contribution >= 0.6 is 11.3 Å². The van der Waals surface area contributed by atoms with Gasteiger partial charge in [0.1, 0.15) is 17.4 Å². The van der Waals surface area contributed by atoms with Crippen molar-refractivity contribution >= 4 is 17.3 Å². The van der Waals surface area contributed by atoms with Crippen LogP contribution < -0.4 is 4.74 Å². The highest BCUT2D eigenvalue weighted by atomic mass is 32.1. The standard InChI is InChI=1S/C19H19NO3S/c1-13(2)23-16-9-7-15(8-10-16)18-20-17(12-24-18)19(21)22-11-14-5-3-4-6-14/h3,5-10,12-13H,4,11H2,1-2H3. The molecule has 0 bridgehead atoms. The van der Waals surface area contributed by atoms with Crippen LogP contribution in [0.3, 0.4) is 0 Å². The Balaban J connectivity index is 1.64. The minimum Gasteiger partial charge on any atom is -0.491 e. The number of benzene rings is 1. The van der Waals surface area contributed by atoms with E-state index in [0.717, 1.165) is 28.3 Å². The van der Waals surface area contributed by atoms with E-state index < -0.39 is 5.97 Å². The molecule has 124 valence electrons. The van der Waals surface area contributed by atoms with E-state index in [2.05, 4.69) is 4.98 Å². The minimum absolute atomic E-state index is 0.141. The van der Waals surface area contributed by atoms with Crippen molar-refractivity contribution in [1.29, 1.82) is 0 Å². The van der Waals surface area contributed by atoms with Gasteiger partial charge < -0.3 is 9.47 Å². The van der Waals surface area contributed by atoms with E-state index in [4.69, 9.17) is 9.47 Å². The number of carbonyl (C=O) groups is 1. The van der Waals surface area contributed by atoms with E-state index in [1.54, 1.807) is 5.38 Å². The van der Waals surface area contributed by atoms with Crippen molar-refractivity contribution in [3.63, 3.8) is 0 Å². The van der Waals surface area contributed by atoms with Gasteiger partial charge in [-0.3, -0.25) is 0 Å². The molecule has 1 heterocycles. The molecule has 0 saturated heterocycles. The van der Waals surface area contributed by atoms with Gasteiger partial charge in [0.2, 0.25) is 0 Å². The molecule has 0 N–H and O–H groups in total. The molecule has 0 radical (unpaired) electrons. The van der Waals surface area contributed by atoms with Crippen LogP contribution in [0.4, 0.5) is 0 Å². The molecule has 0 amide bonds. The van der Waals surface area contributed by atoms with Crippen LogP contribution in [-0.4, -0.2) is 23.7 Å². The molecule has 0 unspecified atom stereocenters. The summed E-state index contributed by atoms with van der Waals surface area (Å²) in [5.41, 5.74) is 2.33. The fraction of sp³-hybridized carbons (Fsp3) is 0.263. The van der Waals surface area contributed by atoms with Crippen molar-refractivity contribution in [3.8, 4) is 16.3 Å². The van der Waals surface area contributed by atoms with Gasteiger partial charge in [-0.1, -0.05) is 18.2 Å². The normalized spacial score (nSPS) is 13.2. The van der Waals surface area contributed by atoms with Crippen LogP contribution in [-0.2, 0) is 4.74 Å². The maximum absolute atomic E-state index is 12.1. The summed E-state index contributed by atoms with van der Waals surface area (Å²) in [6.07, 6.45) is 7.10. The van der Waals surface area contributed by atoms with Gasteiger partial charge in [-0.25, -0.2) is 9.78 Å².